The van der Waals surface area contributed by atoms with Gasteiger partial charge in [0.2, 0.25) is 0 Å². The molecule has 1 aliphatic carbocycles. The summed E-state index contributed by atoms with van der Waals surface area (Å²) in [6.07, 6.45) is 0.110. The van der Waals surface area contributed by atoms with Gasteiger partial charge in [0.15, 0.2) is 0 Å². The van der Waals surface area contributed by atoms with Crippen LogP contribution in [-0.2, 0) is 16.1 Å². The molecule has 0 bridgehead atoms. The van der Waals surface area contributed by atoms with Crippen LogP contribution in [0.25, 0.3) is 0 Å². The number of carbonyl (C=O) groups is 1. The molecule has 1 fully saturated rings. The summed E-state index contributed by atoms with van der Waals surface area (Å²) in [5, 5.41) is 17.8. The molecule has 0 spiro atoms. The molecule has 3 rings (SSSR count). The standard InChI is InChI=1S/C22H27F3N4O5/c1-15(30)32-10-9-21(2)8-7-16(19(20(21)28-31)11-29-14-26-13-27-29)12-33-17-3-5-18(6-4-17)34-22(23,24)25/h3-6,13-14,16,19,31H,7-12H2,1-2H3/t16-,19-,21-/m0/s1. The van der Waals surface area contributed by atoms with Gasteiger partial charge in [0.05, 0.1) is 25.5 Å². The van der Waals surface area contributed by atoms with Crippen molar-refractivity contribution < 1.29 is 37.4 Å². The van der Waals surface area contributed by atoms with Crippen LogP contribution >= 0.6 is 0 Å². The number of alkyl halides is 3. The van der Waals surface area contributed by atoms with Gasteiger partial charge in [0, 0.05) is 24.2 Å². The van der Waals surface area contributed by atoms with Crippen LogP contribution in [0.3, 0.4) is 0 Å². The zero-order chi connectivity index (χ0) is 24.8. The van der Waals surface area contributed by atoms with E-state index in [-0.39, 0.29) is 36.8 Å². The smallest absolute Gasteiger partial charge is 0.493 e. The minimum Gasteiger partial charge on any atom is -0.493 e. The molecule has 1 saturated carbocycles. The molecule has 0 radical (unpaired) electrons. The third-order valence-corrected chi connectivity index (χ3v) is 6.04. The molecule has 34 heavy (non-hydrogen) atoms. The summed E-state index contributed by atoms with van der Waals surface area (Å²) in [6.45, 7) is 4.16. The minimum atomic E-state index is -4.76. The fourth-order valence-corrected chi connectivity index (χ4v) is 4.28. The molecule has 0 aliphatic heterocycles. The molecule has 0 unspecified atom stereocenters. The number of carbonyl (C=O) groups excluding carboxylic acids is 1. The average Bonchev–Trinajstić information content (AvgIpc) is 3.26. The first kappa shape index (κ1) is 25.3. The van der Waals surface area contributed by atoms with Crippen molar-refractivity contribution in [2.24, 2.45) is 22.4 Å². The zero-order valence-corrected chi connectivity index (χ0v) is 18.9. The summed E-state index contributed by atoms with van der Waals surface area (Å²) in [5.41, 5.74) is 0.0617. The molecular formula is C22H27F3N4O5. The summed E-state index contributed by atoms with van der Waals surface area (Å²) >= 11 is 0. The molecule has 186 valence electrons. The molecule has 1 aromatic heterocycles. The molecule has 1 N–H and O–H groups in total. The number of rotatable bonds is 9. The number of oxime groups is 1. The number of nitrogens with zero attached hydrogens (tertiary/aromatic N) is 4. The van der Waals surface area contributed by atoms with Crippen molar-refractivity contribution in [1.29, 1.82) is 0 Å². The summed E-state index contributed by atoms with van der Waals surface area (Å²) in [5.74, 6) is -0.642. The highest BCUT2D eigenvalue weighted by molar-refractivity contribution is 5.92. The Morgan fingerprint density at radius 1 is 1.29 bits per heavy atom. The van der Waals surface area contributed by atoms with E-state index in [1.54, 1.807) is 11.0 Å². The van der Waals surface area contributed by atoms with E-state index in [1.165, 1.54) is 37.5 Å². The van der Waals surface area contributed by atoms with E-state index in [0.717, 1.165) is 6.42 Å². The first-order chi connectivity index (χ1) is 16.1. The van der Waals surface area contributed by atoms with Gasteiger partial charge in [0.25, 0.3) is 0 Å². The van der Waals surface area contributed by atoms with Crippen molar-refractivity contribution in [1.82, 2.24) is 14.8 Å². The molecule has 1 aromatic carbocycles. The molecule has 0 amide bonds. The Kier molecular flexibility index (Phi) is 8.00. The fraction of sp³-hybridized carbons (Fsp3) is 0.545. The SMILES string of the molecule is CC(=O)OCC[C@]1(C)CC[C@@H](COc2ccc(OC(F)(F)F)cc2)[C@H](Cn2cncn2)C1=NO. The number of halogens is 3. The second-order valence-electron chi connectivity index (χ2n) is 8.49. The van der Waals surface area contributed by atoms with E-state index in [9.17, 15) is 23.2 Å². The van der Waals surface area contributed by atoms with Crippen molar-refractivity contribution >= 4 is 11.7 Å². The van der Waals surface area contributed by atoms with Crippen molar-refractivity contribution in [2.45, 2.75) is 46.0 Å². The topological polar surface area (TPSA) is 108 Å². The van der Waals surface area contributed by atoms with E-state index >= 15 is 0 Å². The summed E-state index contributed by atoms with van der Waals surface area (Å²) in [7, 11) is 0. The van der Waals surface area contributed by atoms with E-state index in [4.69, 9.17) is 9.47 Å². The Balaban J connectivity index is 1.72. The van der Waals surface area contributed by atoms with Crippen molar-refractivity contribution in [3.05, 3.63) is 36.9 Å². The van der Waals surface area contributed by atoms with Gasteiger partial charge in [0.1, 0.15) is 24.2 Å². The number of hydrogen-bond acceptors (Lipinski definition) is 8. The Morgan fingerprint density at radius 2 is 2.00 bits per heavy atom. The van der Waals surface area contributed by atoms with Crippen LogP contribution in [0.4, 0.5) is 13.2 Å². The maximum Gasteiger partial charge on any atom is 0.573 e. The predicted octanol–water partition coefficient (Wildman–Crippen LogP) is 4.07. The maximum atomic E-state index is 12.4. The second-order valence-corrected chi connectivity index (χ2v) is 8.49. The summed E-state index contributed by atoms with van der Waals surface area (Å²) in [6, 6.07) is 5.17. The van der Waals surface area contributed by atoms with Crippen LogP contribution in [0.1, 0.15) is 33.1 Å². The van der Waals surface area contributed by atoms with Gasteiger partial charge >= 0.3 is 12.3 Å². The quantitative estimate of drug-likeness (QED) is 0.325. The van der Waals surface area contributed by atoms with Gasteiger partial charge < -0.3 is 19.4 Å². The van der Waals surface area contributed by atoms with Gasteiger partial charge in [-0.3, -0.25) is 9.48 Å². The number of aromatic nitrogens is 3. The van der Waals surface area contributed by atoms with E-state index in [0.29, 0.717) is 30.8 Å². The summed E-state index contributed by atoms with van der Waals surface area (Å²) < 4.78 is 53.6. The predicted molar refractivity (Wildman–Crippen MR) is 113 cm³/mol. The number of esters is 1. The molecular weight excluding hydrogens is 457 g/mol. The average molecular weight is 484 g/mol. The molecule has 3 atom stereocenters. The molecule has 2 aromatic rings. The van der Waals surface area contributed by atoms with Crippen LogP contribution in [0.15, 0.2) is 42.1 Å². The molecule has 0 saturated heterocycles. The highest BCUT2D eigenvalue weighted by atomic mass is 19.4. The van der Waals surface area contributed by atoms with Crippen LogP contribution in [-0.4, -0.2) is 51.2 Å². The third-order valence-electron chi connectivity index (χ3n) is 6.04. The Morgan fingerprint density at radius 3 is 2.59 bits per heavy atom. The van der Waals surface area contributed by atoms with Crippen molar-refractivity contribution in [3.8, 4) is 11.5 Å². The zero-order valence-electron chi connectivity index (χ0n) is 18.9. The Labute approximate surface area is 194 Å². The van der Waals surface area contributed by atoms with Crippen LogP contribution in [0.2, 0.25) is 0 Å². The van der Waals surface area contributed by atoms with Crippen LogP contribution in [0.5, 0.6) is 11.5 Å². The fourth-order valence-electron chi connectivity index (χ4n) is 4.28. The first-order valence-electron chi connectivity index (χ1n) is 10.8. The normalized spacial score (nSPS) is 24.1. The lowest BCUT2D eigenvalue weighted by Crippen LogP contribution is -2.46. The van der Waals surface area contributed by atoms with Crippen LogP contribution in [0, 0.1) is 17.3 Å². The number of benzene rings is 1. The lowest BCUT2D eigenvalue weighted by Gasteiger charge is -2.43. The van der Waals surface area contributed by atoms with E-state index in [2.05, 4.69) is 20.0 Å². The van der Waals surface area contributed by atoms with Gasteiger partial charge in [-0.2, -0.15) is 5.10 Å². The molecule has 9 nitrogen and oxygen atoms in total. The van der Waals surface area contributed by atoms with E-state index in [1.807, 2.05) is 6.92 Å². The van der Waals surface area contributed by atoms with Gasteiger partial charge in [-0.1, -0.05) is 12.1 Å². The lowest BCUT2D eigenvalue weighted by atomic mass is 9.63. The highest BCUT2D eigenvalue weighted by Crippen LogP contribution is 2.43. The molecule has 1 aliphatic rings. The first-order valence-corrected chi connectivity index (χ1v) is 10.8. The highest BCUT2D eigenvalue weighted by Gasteiger charge is 2.44. The Bertz CT molecular complexity index is 966. The van der Waals surface area contributed by atoms with Gasteiger partial charge in [-0.15, -0.1) is 13.2 Å². The largest absolute Gasteiger partial charge is 0.573 e. The second kappa shape index (κ2) is 10.7. The van der Waals surface area contributed by atoms with Crippen molar-refractivity contribution in [2.75, 3.05) is 13.2 Å². The number of ether oxygens (including phenoxy) is 3. The minimum absolute atomic E-state index is 0.0667. The molecule has 12 heteroatoms. The number of hydrogen-bond donors (Lipinski definition) is 1. The third kappa shape index (κ3) is 6.84. The van der Waals surface area contributed by atoms with Gasteiger partial charge in [-0.05, 0) is 43.5 Å². The monoisotopic (exact) mass is 484 g/mol. The maximum absolute atomic E-state index is 12.4. The van der Waals surface area contributed by atoms with Crippen LogP contribution < -0.4 is 9.47 Å². The Hall–Kier alpha value is -3.31. The van der Waals surface area contributed by atoms with Gasteiger partial charge in [-0.25, -0.2) is 4.98 Å². The molecule has 1 heterocycles. The van der Waals surface area contributed by atoms with Crippen molar-refractivity contribution in [3.63, 3.8) is 0 Å². The summed E-state index contributed by atoms with van der Waals surface area (Å²) in [4.78, 5) is 15.1. The van der Waals surface area contributed by atoms with E-state index < -0.39 is 11.8 Å². The lowest BCUT2D eigenvalue weighted by molar-refractivity contribution is -0.274.